The van der Waals surface area contributed by atoms with Gasteiger partial charge in [-0.05, 0) is 73.9 Å². The topological polar surface area (TPSA) is 82.7 Å². The molecule has 0 spiro atoms. The van der Waals surface area contributed by atoms with Gasteiger partial charge in [0.05, 0.1) is 0 Å². The third-order valence-corrected chi connectivity index (χ3v) is 8.08. The molecule has 3 N–H and O–H groups in total. The van der Waals surface area contributed by atoms with Gasteiger partial charge >= 0.3 is 0 Å². The fourth-order valence-corrected chi connectivity index (χ4v) is 5.11. The van der Waals surface area contributed by atoms with Crippen molar-refractivity contribution in [3.8, 4) is 0 Å². The fourth-order valence-electron chi connectivity index (χ4n) is 5.11. The third kappa shape index (κ3) is 14.3. The smallest absolute Gasteiger partial charge is 0.251 e. The van der Waals surface area contributed by atoms with E-state index in [0.29, 0.717) is 24.3 Å². The highest BCUT2D eigenvalue weighted by Crippen LogP contribution is 2.29. The first-order valence-corrected chi connectivity index (χ1v) is 17.5. The van der Waals surface area contributed by atoms with Gasteiger partial charge in [0.25, 0.3) is 11.8 Å². The van der Waals surface area contributed by atoms with E-state index < -0.39 is 0 Å². The van der Waals surface area contributed by atoms with Crippen molar-refractivity contribution in [2.75, 3.05) is 32.6 Å². The summed E-state index contributed by atoms with van der Waals surface area (Å²) in [5, 5.41) is 9.68. The summed E-state index contributed by atoms with van der Waals surface area (Å²) >= 11 is 0. The molecule has 0 aliphatic carbocycles. The van der Waals surface area contributed by atoms with E-state index in [1.54, 1.807) is 7.11 Å². The summed E-state index contributed by atoms with van der Waals surface area (Å²) in [4.78, 5) is 28.4. The van der Waals surface area contributed by atoms with Gasteiger partial charge in [-0.2, -0.15) is 0 Å². The molecule has 0 radical (unpaired) electrons. The number of ether oxygens (including phenoxy) is 1. The summed E-state index contributed by atoms with van der Waals surface area (Å²) < 4.78 is 5.19. The van der Waals surface area contributed by atoms with Gasteiger partial charge in [-0.1, -0.05) is 97.2 Å². The number of carbonyl (C=O) groups is 2. The Morgan fingerprint density at radius 1 is 1.00 bits per heavy atom. The molecule has 0 aliphatic rings. The molecule has 2 amide bonds. The van der Waals surface area contributed by atoms with E-state index in [4.69, 9.17) is 4.74 Å². The van der Waals surface area contributed by atoms with Gasteiger partial charge in [-0.3, -0.25) is 9.59 Å². The Bertz CT molecular complexity index is 1350. The van der Waals surface area contributed by atoms with E-state index in [9.17, 15) is 9.59 Å². The molecule has 48 heavy (non-hydrogen) atoms. The van der Waals surface area contributed by atoms with Crippen molar-refractivity contribution in [1.82, 2.24) is 15.5 Å². The second kappa shape index (κ2) is 23.3. The molecule has 0 aromatic heterocycles. The van der Waals surface area contributed by atoms with Gasteiger partial charge in [0, 0.05) is 74.0 Å². The number of carbonyl (C=O) groups excluding carboxylic acids is 2. The third-order valence-electron chi connectivity index (χ3n) is 8.08. The van der Waals surface area contributed by atoms with Crippen molar-refractivity contribution in [2.24, 2.45) is 5.92 Å². The van der Waals surface area contributed by atoms with Crippen LogP contribution in [-0.2, 0) is 16.1 Å². The van der Waals surface area contributed by atoms with Gasteiger partial charge in [-0.25, -0.2) is 0 Å². The van der Waals surface area contributed by atoms with Crippen LogP contribution in [0, 0.1) is 5.92 Å². The van der Waals surface area contributed by atoms with Crippen LogP contribution in [0.1, 0.15) is 95.6 Å². The number of nitrogens with one attached hydrogen (secondary N) is 3. The number of methoxy groups -OCH3 is 1. The molecule has 0 aliphatic heterocycles. The Morgan fingerprint density at radius 2 is 1.69 bits per heavy atom. The average Bonchev–Trinajstić information content (AvgIpc) is 3.10. The molecule has 0 heterocycles. The maximum Gasteiger partial charge on any atom is 0.251 e. The van der Waals surface area contributed by atoms with Crippen molar-refractivity contribution in [3.05, 3.63) is 108 Å². The molecule has 2 unspecified atom stereocenters. The minimum absolute atomic E-state index is 0.0700. The summed E-state index contributed by atoms with van der Waals surface area (Å²) in [5.74, 6) is 0.0646. The van der Waals surface area contributed by atoms with Crippen LogP contribution in [0.4, 0.5) is 5.69 Å². The lowest BCUT2D eigenvalue weighted by Gasteiger charge is -2.32. The van der Waals surface area contributed by atoms with Crippen molar-refractivity contribution in [2.45, 2.75) is 92.8 Å². The van der Waals surface area contributed by atoms with Gasteiger partial charge in [0.15, 0.2) is 0 Å². The van der Waals surface area contributed by atoms with Crippen LogP contribution in [0.3, 0.4) is 0 Å². The number of nitrogens with zero attached hydrogens (tertiary/aromatic N) is 1. The monoisotopic (exact) mass is 658 g/mol. The van der Waals surface area contributed by atoms with Crippen molar-refractivity contribution >= 4 is 23.1 Å². The van der Waals surface area contributed by atoms with E-state index in [1.165, 1.54) is 0 Å². The van der Waals surface area contributed by atoms with Crippen molar-refractivity contribution in [3.63, 3.8) is 0 Å². The quantitative estimate of drug-likeness (QED) is 0.0753. The highest BCUT2D eigenvalue weighted by atomic mass is 16.5. The Labute approximate surface area is 291 Å². The Hall–Kier alpha value is -4.10. The fraction of sp³-hybridized carbons (Fsp3) is 0.463. The van der Waals surface area contributed by atoms with Gasteiger partial charge in [0.2, 0.25) is 0 Å². The van der Waals surface area contributed by atoms with Crippen molar-refractivity contribution in [1.29, 1.82) is 0 Å². The number of anilines is 1. The van der Waals surface area contributed by atoms with Crippen molar-refractivity contribution < 1.29 is 14.3 Å². The van der Waals surface area contributed by atoms with E-state index in [2.05, 4.69) is 54.8 Å². The van der Waals surface area contributed by atoms with Crippen LogP contribution in [0.15, 0.2) is 91.2 Å². The minimum atomic E-state index is -0.115. The van der Waals surface area contributed by atoms with Crippen LogP contribution in [0.25, 0.3) is 5.57 Å². The largest absolute Gasteiger partial charge is 0.385 e. The van der Waals surface area contributed by atoms with E-state index in [-0.39, 0.29) is 29.8 Å². The average molecular weight is 659 g/mol. The number of benzene rings is 2. The Morgan fingerprint density at radius 3 is 2.29 bits per heavy atom. The van der Waals surface area contributed by atoms with Crippen LogP contribution in [0.2, 0.25) is 0 Å². The lowest BCUT2D eigenvalue weighted by molar-refractivity contribution is -0.117. The molecule has 264 valence electrons. The summed E-state index contributed by atoms with van der Waals surface area (Å²) in [6, 6.07) is 15.7. The molecule has 0 saturated carbocycles. The van der Waals surface area contributed by atoms with E-state index in [1.807, 2.05) is 102 Å². The predicted molar refractivity (Wildman–Crippen MR) is 205 cm³/mol. The predicted octanol–water partition coefficient (Wildman–Crippen LogP) is 8.77. The normalized spacial score (nSPS) is 12.5. The zero-order valence-electron chi connectivity index (χ0n) is 31.1. The zero-order valence-corrected chi connectivity index (χ0v) is 31.1. The summed E-state index contributed by atoms with van der Waals surface area (Å²) in [5.41, 5.74) is 6.04. The first-order valence-electron chi connectivity index (χ1n) is 17.5. The molecule has 7 nitrogen and oxygen atoms in total. The van der Waals surface area contributed by atoms with E-state index >= 15 is 0 Å². The first kappa shape index (κ1) is 41.9. The molecule has 0 saturated heterocycles. The molecular formula is C41H62N4O3. The lowest BCUT2D eigenvalue weighted by Crippen LogP contribution is -2.39. The Kier molecular flexibility index (Phi) is 20.3. The SMILES string of the molecule is C=C(c1ccc(C(=O)NC(C)CC(CC)N(C)C(=C)/C=C\C(=C/CC)C(=O)NCc2ccccc2)cc1NCCCOC)C(C)C.CC. The number of hydrogen-bond donors (Lipinski definition) is 3. The summed E-state index contributed by atoms with van der Waals surface area (Å²) in [7, 11) is 3.71. The molecule has 7 heteroatoms. The summed E-state index contributed by atoms with van der Waals surface area (Å²) in [6.07, 6.45) is 8.87. The highest BCUT2D eigenvalue weighted by molar-refractivity contribution is 5.97. The molecule has 2 aromatic rings. The van der Waals surface area contributed by atoms with Crippen LogP contribution < -0.4 is 16.0 Å². The number of hydrogen-bond acceptors (Lipinski definition) is 5. The van der Waals surface area contributed by atoms with Crippen LogP contribution in [0.5, 0.6) is 0 Å². The zero-order chi connectivity index (χ0) is 36.1. The maximum absolute atomic E-state index is 13.4. The number of amides is 2. The lowest BCUT2D eigenvalue weighted by atomic mass is 9.94. The maximum atomic E-state index is 13.4. The summed E-state index contributed by atoms with van der Waals surface area (Å²) in [6.45, 7) is 24.9. The molecular weight excluding hydrogens is 596 g/mol. The highest BCUT2D eigenvalue weighted by Gasteiger charge is 2.20. The number of likely N-dealkylation sites (N-methyl/N-ethyl adjacent to an activating group) is 1. The van der Waals surface area contributed by atoms with Gasteiger partial charge in [-0.15, -0.1) is 0 Å². The second-order valence-corrected chi connectivity index (χ2v) is 12.1. The minimum Gasteiger partial charge on any atom is -0.385 e. The standard InChI is InChI=1S/C39H56N4O3.C2H6/c1-10-16-33(38(44)41-27-32-17-13-12-14-18-32)20-19-30(6)43(8)35(11-2)25-29(5)42-39(45)34-21-22-36(31(7)28(3)4)37(26-34)40-23-15-24-46-9;1-2/h12-14,16-22,26,28-29,35,40H,6-7,10-11,15,23-25,27H2,1-5,8-9H3,(H,41,44)(H,42,45);1-2H3/b20-19-,33-16+;. The molecule has 2 atom stereocenters. The van der Waals surface area contributed by atoms with Crippen LogP contribution in [-0.4, -0.2) is 56.1 Å². The van der Waals surface area contributed by atoms with Gasteiger partial charge < -0.3 is 25.6 Å². The molecule has 0 bridgehead atoms. The van der Waals surface area contributed by atoms with Gasteiger partial charge in [0.1, 0.15) is 0 Å². The number of allylic oxidation sites excluding steroid dienone is 3. The number of rotatable bonds is 20. The Balaban J connectivity index is 0.00000565. The molecule has 2 rings (SSSR count). The van der Waals surface area contributed by atoms with Crippen LogP contribution >= 0.6 is 0 Å². The molecule has 2 aromatic carbocycles. The second-order valence-electron chi connectivity index (χ2n) is 12.1. The first-order chi connectivity index (χ1) is 23.0. The van der Waals surface area contributed by atoms with E-state index in [0.717, 1.165) is 60.3 Å². The molecule has 0 fully saturated rings.